The van der Waals surface area contributed by atoms with Gasteiger partial charge in [-0.2, -0.15) is 5.10 Å². The summed E-state index contributed by atoms with van der Waals surface area (Å²) in [5.74, 6) is -0.268. The molecular formula is C15H26N2O3. The van der Waals surface area contributed by atoms with E-state index in [1.165, 1.54) is 32.1 Å². The Morgan fingerprint density at radius 1 is 1.05 bits per heavy atom. The number of rotatable bonds is 9. The van der Waals surface area contributed by atoms with Crippen molar-refractivity contribution in [3.05, 3.63) is 0 Å². The Bertz CT molecular complexity index is 323. The van der Waals surface area contributed by atoms with Gasteiger partial charge in [-0.25, -0.2) is 5.43 Å². The molecule has 0 unspecified atom stereocenters. The summed E-state index contributed by atoms with van der Waals surface area (Å²) in [6, 6.07) is 0. The maximum Gasteiger partial charge on any atom is 0.303 e. The van der Waals surface area contributed by atoms with Gasteiger partial charge in [-0.3, -0.25) is 9.59 Å². The van der Waals surface area contributed by atoms with E-state index in [1.807, 2.05) is 6.21 Å². The van der Waals surface area contributed by atoms with Crippen LogP contribution in [0.3, 0.4) is 0 Å². The predicted octanol–water partition coefficient (Wildman–Crippen LogP) is 3.09. The van der Waals surface area contributed by atoms with Crippen LogP contribution in [0.2, 0.25) is 0 Å². The van der Waals surface area contributed by atoms with Crippen LogP contribution < -0.4 is 5.43 Å². The molecule has 0 aromatic rings. The van der Waals surface area contributed by atoms with Crippen molar-refractivity contribution in [3.8, 4) is 0 Å². The van der Waals surface area contributed by atoms with E-state index < -0.39 is 5.97 Å². The number of amides is 1. The summed E-state index contributed by atoms with van der Waals surface area (Å²) in [6.07, 6.45) is 12.0. The summed E-state index contributed by atoms with van der Waals surface area (Å²) in [6.45, 7) is 0. The third-order valence-corrected chi connectivity index (χ3v) is 3.67. The van der Waals surface area contributed by atoms with Crippen LogP contribution in [-0.2, 0) is 9.59 Å². The molecule has 0 radical (unpaired) electrons. The van der Waals surface area contributed by atoms with Gasteiger partial charge in [-0.15, -0.1) is 0 Å². The molecule has 0 spiro atoms. The largest absolute Gasteiger partial charge is 0.481 e. The van der Waals surface area contributed by atoms with Crippen molar-refractivity contribution < 1.29 is 14.7 Å². The second-order valence-corrected chi connectivity index (χ2v) is 5.52. The smallest absolute Gasteiger partial charge is 0.303 e. The molecule has 5 nitrogen and oxygen atoms in total. The zero-order valence-corrected chi connectivity index (χ0v) is 12.1. The zero-order chi connectivity index (χ0) is 14.6. The standard InChI is InChI=1S/C15H26N2O3/c18-14(10-6-1-2-7-11-15(19)20)17-16-12-13-8-4-3-5-9-13/h12-13H,1-11H2,(H,17,18)(H,19,20)/b16-12+. The van der Waals surface area contributed by atoms with Gasteiger partial charge in [-0.05, 0) is 31.6 Å². The minimum atomic E-state index is -0.750. The second-order valence-electron chi connectivity index (χ2n) is 5.52. The summed E-state index contributed by atoms with van der Waals surface area (Å²) in [5.41, 5.74) is 2.58. The highest BCUT2D eigenvalue weighted by Crippen LogP contribution is 2.21. The highest BCUT2D eigenvalue weighted by atomic mass is 16.4. The molecule has 5 heteroatoms. The van der Waals surface area contributed by atoms with Gasteiger partial charge < -0.3 is 5.11 Å². The Morgan fingerprint density at radius 3 is 2.35 bits per heavy atom. The van der Waals surface area contributed by atoms with Gasteiger partial charge in [0, 0.05) is 19.1 Å². The highest BCUT2D eigenvalue weighted by Gasteiger charge is 2.10. The topological polar surface area (TPSA) is 78.8 Å². The lowest BCUT2D eigenvalue weighted by molar-refractivity contribution is -0.137. The molecule has 20 heavy (non-hydrogen) atoms. The molecule has 0 atom stereocenters. The maximum absolute atomic E-state index is 11.5. The molecule has 1 amide bonds. The number of carbonyl (C=O) groups excluding carboxylic acids is 1. The number of nitrogens with one attached hydrogen (secondary N) is 1. The van der Waals surface area contributed by atoms with Crippen molar-refractivity contribution >= 4 is 18.1 Å². The molecule has 1 rings (SSSR count). The Morgan fingerprint density at radius 2 is 1.70 bits per heavy atom. The van der Waals surface area contributed by atoms with Crippen molar-refractivity contribution in [2.24, 2.45) is 11.0 Å². The van der Waals surface area contributed by atoms with Gasteiger partial charge in [0.25, 0.3) is 0 Å². The van der Waals surface area contributed by atoms with Crippen LogP contribution in [-0.4, -0.2) is 23.2 Å². The zero-order valence-electron chi connectivity index (χ0n) is 12.1. The van der Waals surface area contributed by atoms with E-state index in [4.69, 9.17) is 5.11 Å². The number of unbranched alkanes of at least 4 members (excludes halogenated alkanes) is 3. The molecule has 0 aromatic carbocycles. The molecule has 1 saturated carbocycles. The van der Waals surface area contributed by atoms with Crippen molar-refractivity contribution in [3.63, 3.8) is 0 Å². The molecule has 0 aromatic heterocycles. The van der Waals surface area contributed by atoms with Crippen LogP contribution >= 0.6 is 0 Å². The van der Waals surface area contributed by atoms with E-state index >= 15 is 0 Å². The SMILES string of the molecule is O=C(O)CCCCCCC(=O)N/N=C/C1CCCCC1. The minimum Gasteiger partial charge on any atom is -0.481 e. The van der Waals surface area contributed by atoms with Crippen molar-refractivity contribution in [2.75, 3.05) is 0 Å². The Hall–Kier alpha value is -1.39. The van der Waals surface area contributed by atoms with Crippen LogP contribution in [0.25, 0.3) is 0 Å². The number of carbonyl (C=O) groups is 2. The van der Waals surface area contributed by atoms with Gasteiger partial charge in [0.15, 0.2) is 0 Å². The van der Waals surface area contributed by atoms with Crippen LogP contribution in [0.15, 0.2) is 5.10 Å². The van der Waals surface area contributed by atoms with E-state index in [0.29, 0.717) is 18.8 Å². The number of carboxylic acids is 1. The van der Waals surface area contributed by atoms with E-state index in [0.717, 1.165) is 19.3 Å². The monoisotopic (exact) mass is 282 g/mol. The normalized spacial score (nSPS) is 16.4. The first-order valence-corrected chi connectivity index (χ1v) is 7.72. The van der Waals surface area contributed by atoms with E-state index in [-0.39, 0.29) is 12.3 Å². The molecule has 1 aliphatic carbocycles. The molecule has 1 aliphatic rings. The maximum atomic E-state index is 11.5. The molecule has 114 valence electrons. The fourth-order valence-electron chi connectivity index (χ4n) is 2.47. The summed E-state index contributed by atoms with van der Waals surface area (Å²) in [7, 11) is 0. The summed E-state index contributed by atoms with van der Waals surface area (Å²) >= 11 is 0. The van der Waals surface area contributed by atoms with E-state index in [2.05, 4.69) is 10.5 Å². The highest BCUT2D eigenvalue weighted by molar-refractivity contribution is 5.76. The molecule has 0 saturated heterocycles. The van der Waals surface area contributed by atoms with E-state index in [9.17, 15) is 9.59 Å². The third kappa shape index (κ3) is 8.67. The van der Waals surface area contributed by atoms with Crippen molar-refractivity contribution in [1.82, 2.24) is 5.43 Å². The van der Waals surface area contributed by atoms with Gasteiger partial charge in [0.2, 0.25) is 5.91 Å². The van der Waals surface area contributed by atoms with Crippen molar-refractivity contribution in [2.45, 2.75) is 70.6 Å². The first-order valence-electron chi connectivity index (χ1n) is 7.72. The van der Waals surface area contributed by atoms with Gasteiger partial charge in [0.1, 0.15) is 0 Å². The fraction of sp³-hybridized carbons (Fsp3) is 0.800. The quantitative estimate of drug-likeness (QED) is 0.387. The number of aliphatic carboxylic acids is 1. The first-order chi connectivity index (χ1) is 9.68. The van der Waals surface area contributed by atoms with Crippen molar-refractivity contribution in [1.29, 1.82) is 0 Å². The molecule has 2 N–H and O–H groups in total. The van der Waals surface area contributed by atoms with Crippen LogP contribution in [0.1, 0.15) is 70.6 Å². The lowest BCUT2D eigenvalue weighted by Crippen LogP contribution is -2.18. The summed E-state index contributed by atoms with van der Waals surface area (Å²) in [5, 5.41) is 12.5. The Kier molecular flexibility index (Phi) is 8.67. The Labute approximate surface area is 120 Å². The number of carboxylic acid groups (broad SMARTS) is 1. The fourth-order valence-corrected chi connectivity index (χ4v) is 2.47. The predicted molar refractivity (Wildman–Crippen MR) is 78.5 cm³/mol. The van der Waals surface area contributed by atoms with Crippen LogP contribution in [0, 0.1) is 5.92 Å². The molecular weight excluding hydrogens is 256 g/mol. The number of hydrogen-bond acceptors (Lipinski definition) is 3. The Balaban J connectivity index is 1.97. The second kappa shape index (κ2) is 10.4. The molecule has 0 heterocycles. The third-order valence-electron chi connectivity index (χ3n) is 3.67. The summed E-state index contributed by atoms with van der Waals surface area (Å²) < 4.78 is 0. The van der Waals surface area contributed by atoms with Crippen LogP contribution in [0.5, 0.6) is 0 Å². The number of nitrogens with zero attached hydrogens (tertiary/aromatic N) is 1. The summed E-state index contributed by atoms with van der Waals surface area (Å²) in [4.78, 5) is 21.8. The molecule has 0 bridgehead atoms. The van der Waals surface area contributed by atoms with Crippen LogP contribution in [0.4, 0.5) is 0 Å². The van der Waals surface area contributed by atoms with Gasteiger partial charge in [0.05, 0.1) is 0 Å². The first kappa shape index (κ1) is 16.7. The van der Waals surface area contributed by atoms with Gasteiger partial charge >= 0.3 is 5.97 Å². The lowest BCUT2D eigenvalue weighted by Gasteiger charge is -2.16. The minimum absolute atomic E-state index is 0.0460. The number of hydrogen-bond donors (Lipinski definition) is 2. The number of hydrazone groups is 1. The van der Waals surface area contributed by atoms with Gasteiger partial charge in [-0.1, -0.05) is 32.1 Å². The molecule has 0 aliphatic heterocycles. The van der Waals surface area contributed by atoms with E-state index in [1.54, 1.807) is 0 Å². The molecule has 1 fully saturated rings. The average Bonchev–Trinajstić information content (AvgIpc) is 2.43. The average molecular weight is 282 g/mol. The lowest BCUT2D eigenvalue weighted by atomic mass is 9.90.